The van der Waals surface area contributed by atoms with E-state index in [-0.39, 0.29) is 5.82 Å². The Bertz CT molecular complexity index is 612. The molecule has 0 bridgehead atoms. The number of hydrogen-bond donors (Lipinski definition) is 1. The molecule has 0 aliphatic carbocycles. The SMILES string of the molecule is N#Cc1cccc(-n2ccnc2C#N)c1N. The molecule has 0 saturated heterocycles. The average molecular weight is 209 g/mol. The molecule has 1 aromatic carbocycles. The molecule has 1 aromatic heterocycles. The number of benzene rings is 1. The van der Waals surface area contributed by atoms with E-state index in [9.17, 15) is 0 Å². The molecule has 0 aliphatic heterocycles. The summed E-state index contributed by atoms with van der Waals surface area (Å²) in [5.74, 6) is 0.238. The van der Waals surface area contributed by atoms with Crippen molar-refractivity contribution in [2.75, 3.05) is 5.73 Å². The zero-order valence-corrected chi connectivity index (χ0v) is 8.25. The zero-order chi connectivity index (χ0) is 11.5. The fourth-order valence-corrected chi connectivity index (χ4v) is 1.44. The smallest absolute Gasteiger partial charge is 0.217 e. The van der Waals surface area contributed by atoms with Crippen LogP contribution in [0.2, 0.25) is 0 Å². The second-order valence-electron chi connectivity index (χ2n) is 3.08. The van der Waals surface area contributed by atoms with Crippen LogP contribution in [0.1, 0.15) is 11.4 Å². The quantitative estimate of drug-likeness (QED) is 0.714. The van der Waals surface area contributed by atoms with Crippen LogP contribution in [0.4, 0.5) is 5.69 Å². The van der Waals surface area contributed by atoms with Crippen molar-refractivity contribution < 1.29 is 0 Å². The summed E-state index contributed by atoms with van der Waals surface area (Å²) < 4.78 is 1.55. The molecule has 0 fully saturated rings. The summed E-state index contributed by atoms with van der Waals surface area (Å²) >= 11 is 0. The van der Waals surface area contributed by atoms with Gasteiger partial charge in [-0.25, -0.2) is 4.98 Å². The number of nitrogens with zero attached hydrogens (tertiary/aromatic N) is 4. The molecule has 0 unspecified atom stereocenters. The van der Waals surface area contributed by atoms with Crippen LogP contribution >= 0.6 is 0 Å². The van der Waals surface area contributed by atoms with Crippen LogP contribution in [0.5, 0.6) is 0 Å². The maximum atomic E-state index is 8.85. The van der Waals surface area contributed by atoms with Crippen molar-refractivity contribution >= 4 is 5.69 Å². The number of imidazole rings is 1. The molecule has 2 rings (SSSR count). The molecule has 0 saturated carbocycles. The van der Waals surface area contributed by atoms with Gasteiger partial charge in [0, 0.05) is 12.4 Å². The van der Waals surface area contributed by atoms with E-state index in [1.165, 1.54) is 6.20 Å². The van der Waals surface area contributed by atoms with E-state index >= 15 is 0 Å². The second kappa shape index (κ2) is 3.76. The van der Waals surface area contributed by atoms with Gasteiger partial charge in [0.1, 0.15) is 12.1 Å². The highest BCUT2D eigenvalue weighted by molar-refractivity contribution is 5.67. The first-order valence-corrected chi connectivity index (χ1v) is 4.50. The van der Waals surface area contributed by atoms with E-state index in [2.05, 4.69) is 4.98 Å². The molecule has 1 heterocycles. The third-order valence-electron chi connectivity index (χ3n) is 2.20. The van der Waals surface area contributed by atoms with Crippen molar-refractivity contribution in [3.05, 3.63) is 42.0 Å². The highest BCUT2D eigenvalue weighted by Crippen LogP contribution is 2.21. The van der Waals surface area contributed by atoms with Crippen LogP contribution in [0.15, 0.2) is 30.6 Å². The predicted molar refractivity (Wildman–Crippen MR) is 57.4 cm³/mol. The van der Waals surface area contributed by atoms with E-state index in [4.69, 9.17) is 16.3 Å². The van der Waals surface area contributed by atoms with Gasteiger partial charge in [-0.3, -0.25) is 4.57 Å². The highest BCUT2D eigenvalue weighted by atomic mass is 15.1. The van der Waals surface area contributed by atoms with Crippen molar-refractivity contribution in [2.24, 2.45) is 0 Å². The molecule has 0 radical (unpaired) electrons. The third-order valence-corrected chi connectivity index (χ3v) is 2.20. The van der Waals surface area contributed by atoms with E-state index in [0.717, 1.165) is 0 Å². The number of hydrogen-bond acceptors (Lipinski definition) is 4. The first-order chi connectivity index (χ1) is 7.77. The van der Waals surface area contributed by atoms with Crippen molar-refractivity contribution in [2.45, 2.75) is 0 Å². The molecule has 0 amide bonds. The van der Waals surface area contributed by atoms with Crippen LogP contribution in [0.3, 0.4) is 0 Å². The normalized spacial score (nSPS) is 9.38. The van der Waals surface area contributed by atoms with Gasteiger partial charge in [0.05, 0.1) is 16.9 Å². The summed E-state index contributed by atoms with van der Waals surface area (Å²) in [5.41, 5.74) is 7.15. The minimum absolute atomic E-state index is 0.238. The predicted octanol–water partition coefficient (Wildman–Crippen LogP) is 1.20. The van der Waals surface area contributed by atoms with Crippen LogP contribution in [-0.4, -0.2) is 9.55 Å². The molecule has 0 spiro atoms. The van der Waals surface area contributed by atoms with Crippen LogP contribution in [0.25, 0.3) is 5.69 Å². The Balaban J connectivity index is 2.67. The molecule has 5 nitrogen and oxygen atoms in total. The standard InChI is InChI=1S/C11H7N5/c12-6-8-2-1-3-9(11(8)14)16-5-4-15-10(16)7-13/h1-5H,14H2. The van der Waals surface area contributed by atoms with Gasteiger partial charge in [0.2, 0.25) is 5.82 Å². The zero-order valence-electron chi connectivity index (χ0n) is 8.25. The largest absolute Gasteiger partial charge is 0.396 e. The van der Waals surface area contributed by atoms with E-state index < -0.39 is 0 Å². The molecule has 5 heteroatoms. The van der Waals surface area contributed by atoms with Crippen molar-refractivity contribution in [1.82, 2.24) is 9.55 Å². The van der Waals surface area contributed by atoms with Gasteiger partial charge in [-0.05, 0) is 12.1 Å². The summed E-state index contributed by atoms with van der Waals surface area (Å²) in [5, 5.41) is 17.7. The molecule has 76 valence electrons. The Labute approximate surface area is 92.0 Å². The number of nitrogen functional groups attached to an aromatic ring is 1. The Morgan fingerprint density at radius 3 is 2.75 bits per heavy atom. The number of rotatable bonds is 1. The van der Waals surface area contributed by atoms with Crippen molar-refractivity contribution in [3.63, 3.8) is 0 Å². The second-order valence-corrected chi connectivity index (χ2v) is 3.08. The van der Waals surface area contributed by atoms with Gasteiger partial charge < -0.3 is 5.73 Å². The molecule has 16 heavy (non-hydrogen) atoms. The summed E-state index contributed by atoms with van der Waals surface area (Å²) in [6.45, 7) is 0. The molecule has 2 aromatic rings. The molecule has 0 aliphatic rings. The van der Waals surface area contributed by atoms with Crippen molar-refractivity contribution in [3.8, 4) is 17.8 Å². The lowest BCUT2D eigenvalue weighted by Gasteiger charge is -2.08. The topological polar surface area (TPSA) is 91.4 Å². The first-order valence-electron chi connectivity index (χ1n) is 4.50. The molecule has 2 N–H and O–H groups in total. The van der Waals surface area contributed by atoms with Gasteiger partial charge in [-0.15, -0.1) is 0 Å². The first kappa shape index (κ1) is 9.75. The summed E-state index contributed by atoms with van der Waals surface area (Å²) in [7, 11) is 0. The van der Waals surface area contributed by atoms with Gasteiger partial charge in [0.25, 0.3) is 0 Å². The molecular formula is C11H7N5. The lowest BCUT2D eigenvalue weighted by Crippen LogP contribution is -2.03. The Kier molecular flexibility index (Phi) is 2.29. The monoisotopic (exact) mass is 209 g/mol. The number of aromatic nitrogens is 2. The van der Waals surface area contributed by atoms with Gasteiger partial charge in [-0.2, -0.15) is 10.5 Å². The van der Waals surface area contributed by atoms with Crippen LogP contribution < -0.4 is 5.73 Å². The van der Waals surface area contributed by atoms with Crippen LogP contribution in [0, 0.1) is 22.7 Å². The Morgan fingerprint density at radius 2 is 2.06 bits per heavy atom. The maximum Gasteiger partial charge on any atom is 0.217 e. The Morgan fingerprint density at radius 1 is 1.25 bits per heavy atom. The summed E-state index contributed by atoms with van der Waals surface area (Å²) in [4.78, 5) is 3.87. The lowest BCUT2D eigenvalue weighted by atomic mass is 10.1. The fourth-order valence-electron chi connectivity index (χ4n) is 1.44. The number of nitriles is 2. The van der Waals surface area contributed by atoms with E-state index in [1.54, 1.807) is 29.0 Å². The third kappa shape index (κ3) is 1.37. The summed E-state index contributed by atoms with van der Waals surface area (Å²) in [6, 6.07) is 9.02. The average Bonchev–Trinajstić information content (AvgIpc) is 2.77. The summed E-state index contributed by atoms with van der Waals surface area (Å²) in [6.07, 6.45) is 3.14. The number of anilines is 1. The van der Waals surface area contributed by atoms with Gasteiger partial charge in [-0.1, -0.05) is 6.07 Å². The lowest BCUT2D eigenvalue weighted by molar-refractivity contribution is 1.02. The Hall–Kier alpha value is -2.79. The van der Waals surface area contributed by atoms with Gasteiger partial charge >= 0.3 is 0 Å². The number of para-hydroxylation sites is 1. The van der Waals surface area contributed by atoms with Crippen molar-refractivity contribution in [1.29, 1.82) is 10.5 Å². The molecular weight excluding hydrogens is 202 g/mol. The molecule has 0 atom stereocenters. The van der Waals surface area contributed by atoms with Crippen LogP contribution in [-0.2, 0) is 0 Å². The minimum Gasteiger partial charge on any atom is -0.396 e. The van der Waals surface area contributed by atoms with E-state index in [0.29, 0.717) is 16.9 Å². The van der Waals surface area contributed by atoms with Gasteiger partial charge in [0.15, 0.2) is 0 Å². The minimum atomic E-state index is 0.238. The maximum absolute atomic E-state index is 8.85. The highest BCUT2D eigenvalue weighted by Gasteiger charge is 2.09. The van der Waals surface area contributed by atoms with E-state index in [1.807, 2.05) is 12.1 Å². The fraction of sp³-hybridized carbons (Fsp3) is 0. The number of nitrogens with two attached hydrogens (primary N) is 1.